The quantitative estimate of drug-likeness (QED) is 0.358. The molecule has 174 valence electrons. The van der Waals surface area contributed by atoms with Gasteiger partial charge in [-0.15, -0.1) is 0 Å². The number of halogens is 3. The number of carbonyl (C=O) groups excluding carboxylic acids is 2. The summed E-state index contributed by atoms with van der Waals surface area (Å²) in [6.45, 7) is 6.29. The van der Waals surface area contributed by atoms with Gasteiger partial charge in [-0.05, 0) is 22.6 Å². The largest absolute Gasteiger partial charge is 0.458 e. The summed E-state index contributed by atoms with van der Waals surface area (Å²) < 4.78 is 51.5. The van der Waals surface area contributed by atoms with E-state index in [1.165, 1.54) is 18.2 Å². The fourth-order valence-electron chi connectivity index (χ4n) is 3.70. The van der Waals surface area contributed by atoms with Gasteiger partial charge in [-0.3, -0.25) is 4.79 Å². The van der Waals surface area contributed by atoms with Crippen LogP contribution in [0, 0.1) is 11.3 Å². The van der Waals surface area contributed by atoms with Crippen LogP contribution in [0.25, 0.3) is 0 Å². The third-order valence-corrected chi connectivity index (χ3v) is 5.64. The Kier molecular flexibility index (Phi) is 6.66. The third kappa shape index (κ3) is 4.79. The molecule has 2 aromatic carbocycles. The molecule has 0 bridgehead atoms. The number of ether oxygens (including phenoxy) is 2. The van der Waals surface area contributed by atoms with Crippen LogP contribution in [0.5, 0.6) is 0 Å². The van der Waals surface area contributed by atoms with Crippen LogP contribution in [-0.2, 0) is 31.3 Å². The van der Waals surface area contributed by atoms with Crippen LogP contribution in [0.3, 0.4) is 0 Å². The Balaban J connectivity index is 2.18. The summed E-state index contributed by atoms with van der Waals surface area (Å²) in [6, 6.07) is 12.0. The van der Waals surface area contributed by atoms with Crippen LogP contribution in [0.4, 0.5) is 13.2 Å². The van der Waals surface area contributed by atoms with E-state index in [1.54, 1.807) is 18.2 Å². The highest BCUT2D eigenvalue weighted by Gasteiger charge is 2.53. The molecule has 1 heterocycles. The molecule has 2 aromatic rings. The number of hydrogen-bond acceptors (Lipinski definition) is 5. The molecule has 8 heteroatoms. The van der Waals surface area contributed by atoms with E-state index in [1.807, 2.05) is 20.8 Å². The number of benzene rings is 2. The maximum absolute atomic E-state index is 13.6. The summed E-state index contributed by atoms with van der Waals surface area (Å²) in [4.78, 5) is 26.9. The number of rotatable bonds is 5. The summed E-state index contributed by atoms with van der Waals surface area (Å²) in [5.41, 5.74) is -4.06. The first-order valence-electron chi connectivity index (χ1n) is 10.4. The summed E-state index contributed by atoms with van der Waals surface area (Å²) in [5.74, 6) is -2.50. The van der Waals surface area contributed by atoms with Gasteiger partial charge in [-0.2, -0.15) is 18.4 Å². The molecule has 33 heavy (non-hydrogen) atoms. The molecule has 2 unspecified atom stereocenters. The lowest BCUT2D eigenvalue weighted by atomic mass is 9.73. The van der Waals surface area contributed by atoms with E-state index in [2.05, 4.69) is 0 Å². The van der Waals surface area contributed by atoms with Gasteiger partial charge in [0.25, 0.3) is 0 Å². The van der Waals surface area contributed by atoms with Crippen LogP contribution >= 0.6 is 0 Å². The molecule has 1 aliphatic rings. The van der Waals surface area contributed by atoms with Gasteiger partial charge in [0.15, 0.2) is 5.78 Å². The Morgan fingerprint density at radius 1 is 1.03 bits per heavy atom. The monoisotopic (exact) mass is 459 g/mol. The SMILES string of the molecule is CC(C)(C)c1ccc(C(C#N)(C(=O)OC2CCOC2)C(=O)c2ccccc2C(F)(F)F)cc1. The van der Waals surface area contributed by atoms with E-state index >= 15 is 0 Å². The number of esters is 1. The average Bonchev–Trinajstić information content (AvgIpc) is 3.26. The third-order valence-electron chi connectivity index (χ3n) is 5.64. The highest BCUT2D eigenvalue weighted by atomic mass is 19.4. The molecular formula is C25H24F3NO4. The Bertz CT molecular complexity index is 1070. The molecule has 2 atom stereocenters. The first kappa shape index (κ1) is 24.5. The summed E-state index contributed by atoms with van der Waals surface area (Å²) in [6.07, 6.45) is -5.18. The van der Waals surface area contributed by atoms with Crippen LogP contribution < -0.4 is 0 Å². The van der Waals surface area contributed by atoms with Crippen LogP contribution in [-0.4, -0.2) is 31.1 Å². The van der Waals surface area contributed by atoms with Crippen LogP contribution in [0.15, 0.2) is 48.5 Å². The van der Waals surface area contributed by atoms with Crippen molar-refractivity contribution in [3.05, 3.63) is 70.8 Å². The first-order valence-corrected chi connectivity index (χ1v) is 10.4. The molecule has 0 saturated carbocycles. The zero-order valence-electron chi connectivity index (χ0n) is 18.5. The topological polar surface area (TPSA) is 76.4 Å². The van der Waals surface area contributed by atoms with Crippen molar-refractivity contribution >= 4 is 11.8 Å². The Morgan fingerprint density at radius 2 is 1.64 bits per heavy atom. The van der Waals surface area contributed by atoms with Gasteiger partial charge in [0.05, 0.1) is 24.8 Å². The van der Waals surface area contributed by atoms with Gasteiger partial charge < -0.3 is 9.47 Å². The second-order valence-corrected chi connectivity index (χ2v) is 8.95. The molecule has 0 N–H and O–H groups in total. The van der Waals surface area contributed by atoms with Gasteiger partial charge in [-0.1, -0.05) is 63.2 Å². The van der Waals surface area contributed by atoms with E-state index in [4.69, 9.17) is 9.47 Å². The standard InChI is InChI=1S/C25H24F3NO4/c1-23(2,3)16-8-10-17(11-9-16)24(15-29,22(31)33-18-12-13-32-14-18)21(30)19-6-4-5-7-20(19)25(26,27)28/h4-11,18H,12-14H2,1-3H3. The number of alkyl halides is 3. The molecule has 1 aliphatic heterocycles. The van der Waals surface area contributed by atoms with Gasteiger partial charge in [0.1, 0.15) is 6.10 Å². The highest BCUT2D eigenvalue weighted by molar-refractivity contribution is 6.20. The zero-order chi connectivity index (χ0) is 24.4. The minimum atomic E-state index is -4.85. The minimum absolute atomic E-state index is 0.0520. The fraction of sp³-hybridized carbons (Fsp3) is 0.400. The van der Waals surface area contributed by atoms with Crippen molar-refractivity contribution < 1.29 is 32.2 Å². The number of Topliss-reactive ketones (excluding diaryl/α,β-unsaturated/α-hetero) is 1. The van der Waals surface area contributed by atoms with E-state index in [0.29, 0.717) is 13.0 Å². The molecule has 0 aliphatic carbocycles. The number of nitrogens with zero attached hydrogens (tertiary/aromatic N) is 1. The van der Waals surface area contributed by atoms with Gasteiger partial charge in [0.2, 0.25) is 5.41 Å². The molecule has 0 spiro atoms. The predicted octanol–water partition coefficient (Wildman–Crippen LogP) is 4.98. The lowest BCUT2D eigenvalue weighted by molar-refractivity contribution is -0.152. The molecule has 0 amide bonds. The second-order valence-electron chi connectivity index (χ2n) is 8.95. The number of nitriles is 1. The van der Waals surface area contributed by atoms with E-state index in [0.717, 1.165) is 23.8 Å². The number of ketones is 1. The molecular weight excluding hydrogens is 435 g/mol. The number of hydrogen-bond donors (Lipinski definition) is 0. The smallest absolute Gasteiger partial charge is 0.417 e. The minimum Gasteiger partial charge on any atom is -0.458 e. The summed E-state index contributed by atoms with van der Waals surface area (Å²) >= 11 is 0. The lowest BCUT2D eigenvalue weighted by Gasteiger charge is -2.27. The molecule has 0 aromatic heterocycles. The van der Waals surface area contributed by atoms with E-state index in [-0.39, 0.29) is 17.6 Å². The number of carbonyl (C=O) groups is 2. The Labute approximate surface area is 190 Å². The van der Waals surface area contributed by atoms with Crippen molar-refractivity contribution in [2.45, 2.75) is 50.3 Å². The van der Waals surface area contributed by atoms with Crippen LogP contribution in [0.2, 0.25) is 0 Å². The zero-order valence-corrected chi connectivity index (χ0v) is 18.5. The summed E-state index contributed by atoms with van der Waals surface area (Å²) in [7, 11) is 0. The molecule has 5 nitrogen and oxygen atoms in total. The van der Waals surface area contributed by atoms with Crippen LogP contribution in [0.1, 0.15) is 54.2 Å². The highest BCUT2D eigenvalue weighted by Crippen LogP contribution is 2.38. The van der Waals surface area contributed by atoms with Crippen molar-refractivity contribution in [3.63, 3.8) is 0 Å². The fourth-order valence-corrected chi connectivity index (χ4v) is 3.70. The van der Waals surface area contributed by atoms with E-state index in [9.17, 15) is 28.0 Å². The van der Waals surface area contributed by atoms with Gasteiger partial charge in [-0.25, -0.2) is 4.79 Å². The van der Waals surface area contributed by atoms with Crippen molar-refractivity contribution in [3.8, 4) is 6.07 Å². The van der Waals surface area contributed by atoms with Crippen molar-refractivity contribution in [2.75, 3.05) is 13.2 Å². The Hall–Kier alpha value is -3.18. The van der Waals surface area contributed by atoms with Gasteiger partial charge in [0, 0.05) is 12.0 Å². The maximum Gasteiger partial charge on any atom is 0.417 e. The second kappa shape index (κ2) is 8.99. The van der Waals surface area contributed by atoms with Crippen molar-refractivity contribution in [1.29, 1.82) is 5.26 Å². The first-order chi connectivity index (χ1) is 15.4. The van der Waals surface area contributed by atoms with Crippen molar-refractivity contribution in [1.82, 2.24) is 0 Å². The van der Waals surface area contributed by atoms with Crippen molar-refractivity contribution in [2.24, 2.45) is 0 Å². The molecule has 1 fully saturated rings. The molecule has 0 radical (unpaired) electrons. The Morgan fingerprint density at radius 3 is 2.15 bits per heavy atom. The average molecular weight is 459 g/mol. The van der Waals surface area contributed by atoms with Gasteiger partial charge >= 0.3 is 12.1 Å². The molecule has 1 saturated heterocycles. The predicted molar refractivity (Wildman–Crippen MR) is 114 cm³/mol. The lowest BCUT2D eigenvalue weighted by Crippen LogP contribution is -2.46. The maximum atomic E-state index is 13.6. The molecule has 3 rings (SSSR count). The van der Waals surface area contributed by atoms with E-state index < -0.39 is 40.6 Å². The normalized spacial score (nSPS) is 18.3. The summed E-state index contributed by atoms with van der Waals surface area (Å²) in [5, 5.41) is 10.1.